The van der Waals surface area contributed by atoms with Crippen LogP contribution in [0.3, 0.4) is 0 Å². The van der Waals surface area contributed by atoms with Gasteiger partial charge in [0.05, 0.1) is 15.8 Å². The lowest BCUT2D eigenvalue weighted by atomic mass is 10.0. The van der Waals surface area contributed by atoms with E-state index >= 15 is 0 Å². The summed E-state index contributed by atoms with van der Waals surface area (Å²) < 4.78 is 6.62. The fourth-order valence-electron chi connectivity index (χ4n) is 2.29. The number of ether oxygens (including phenoxy) is 1. The van der Waals surface area contributed by atoms with E-state index < -0.39 is 0 Å². The summed E-state index contributed by atoms with van der Waals surface area (Å²) in [6.45, 7) is 0.724. The van der Waals surface area contributed by atoms with E-state index in [1.807, 2.05) is 0 Å². The second kappa shape index (κ2) is 4.25. The summed E-state index contributed by atoms with van der Waals surface area (Å²) in [7, 11) is 0. The van der Waals surface area contributed by atoms with Crippen LogP contribution in [0.1, 0.15) is 34.3 Å². The number of nitrogens with two attached hydrogens (primary N) is 1. The molecular formula is C12H9N3OS2. The molecule has 4 nitrogen and oxygen atoms in total. The highest BCUT2D eigenvalue weighted by molar-refractivity contribution is 7.39. The fourth-order valence-corrected chi connectivity index (χ4v) is 4.62. The molecule has 2 aromatic rings. The summed E-state index contributed by atoms with van der Waals surface area (Å²) in [6, 6.07) is 4.32. The van der Waals surface area contributed by atoms with E-state index in [4.69, 9.17) is 15.7 Å². The zero-order valence-electron chi connectivity index (χ0n) is 9.40. The van der Waals surface area contributed by atoms with Gasteiger partial charge >= 0.3 is 0 Å². The van der Waals surface area contributed by atoms with Gasteiger partial charge in [-0.25, -0.2) is 0 Å². The minimum atomic E-state index is -0.0446. The van der Waals surface area contributed by atoms with Gasteiger partial charge in [0, 0.05) is 17.6 Å². The standard InChI is InChI=1S/C12H9N3OS2/c13-4-7-9(6-2-1-3-16-6)10-11(15)8(5-14)18-12(10)17-7/h6H,1-3,15H2. The van der Waals surface area contributed by atoms with Crippen LogP contribution < -0.4 is 5.73 Å². The Hall–Kier alpha value is -1.60. The minimum absolute atomic E-state index is 0.0446. The molecule has 90 valence electrons. The van der Waals surface area contributed by atoms with E-state index in [-0.39, 0.29) is 6.10 Å². The summed E-state index contributed by atoms with van der Waals surface area (Å²) >= 11 is 2.77. The third kappa shape index (κ3) is 1.51. The molecule has 3 heterocycles. The Kier molecular flexibility index (Phi) is 2.71. The molecule has 2 N–H and O–H groups in total. The van der Waals surface area contributed by atoms with Gasteiger partial charge in [-0.1, -0.05) is 0 Å². The largest absolute Gasteiger partial charge is 0.396 e. The van der Waals surface area contributed by atoms with E-state index in [0.717, 1.165) is 34.4 Å². The molecule has 2 aromatic heterocycles. The van der Waals surface area contributed by atoms with Crippen molar-refractivity contribution in [2.24, 2.45) is 0 Å². The van der Waals surface area contributed by atoms with E-state index in [1.165, 1.54) is 22.7 Å². The highest BCUT2D eigenvalue weighted by atomic mass is 32.2. The van der Waals surface area contributed by atoms with Crippen molar-refractivity contribution in [3.8, 4) is 12.1 Å². The number of hydrogen-bond donors (Lipinski definition) is 1. The zero-order valence-corrected chi connectivity index (χ0v) is 11.0. The first-order valence-electron chi connectivity index (χ1n) is 5.52. The monoisotopic (exact) mass is 275 g/mol. The fraction of sp³-hybridized carbons (Fsp3) is 0.333. The maximum Gasteiger partial charge on any atom is 0.129 e. The first kappa shape index (κ1) is 11.5. The molecule has 18 heavy (non-hydrogen) atoms. The second-order valence-electron chi connectivity index (χ2n) is 4.08. The Labute approximate surface area is 112 Å². The van der Waals surface area contributed by atoms with Gasteiger partial charge in [-0.3, -0.25) is 0 Å². The average molecular weight is 275 g/mol. The number of rotatable bonds is 1. The maximum atomic E-state index is 9.22. The summed E-state index contributed by atoms with van der Waals surface area (Å²) in [5.41, 5.74) is 7.41. The Morgan fingerprint density at radius 2 is 1.94 bits per heavy atom. The van der Waals surface area contributed by atoms with Gasteiger partial charge in [0.1, 0.15) is 21.9 Å². The summed E-state index contributed by atoms with van der Waals surface area (Å²) in [5.74, 6) is 0. The molecule has 3 rings (SSSR count). The molecule has 0 radical (unpaired) electrons. The molecule has 0 aromatic carbocycles. The lowest BCUT2D eigenvalue weighted by molar-refractivity contribution is 0.113. The highest BCUT2D eigenvalue weighted by Gasteiger charge is 2.28. The topological polar surface area (TPSA) is 82.8 Å². The first-order chi connectivity index (χ1) is 8.76. The Morgan fingerprint density at radius 1 is 1.22 bits per heavy atom. The number of nitrogens with zero attached hydrogens (tertiary/aromatic N) is 2. The quantitative estimate of drug-likeness (QED) is 0.866. The summed E-state index contributed by atoms with van der Waals surface area (Å²) in [4.78, 5) is 1.19. The molecule has 1 aliphatic heterocycles. The van der Waals surface area contributed by atoms with Crippen LogP contribution in [0.4, 0.5) is 5.69 Å². The number of nitriles is 2. The lowest BCUT2D eigenvalue weighted by Crippen LogP contribution is -1.98. The molecular weight excluding hydrogens is 266 g/mol. The van der Waals surface area contributed by atoms with E-state index in [9.17, 15) is 5.26 Å². The van der Waals surface area contributed by atoms with Crippen LogP contribution in [0, 0.1) is 22.7 Å². The van der Waals surface area contributed by atoms with Crippen LogP contribution in [0.15, 0.2) is 0 Å². The maximum absolute atomic E-state index is 9.22. The SMILES string of the molecule is N#Cc1sc2sc(C#N)c(C3CCCO3)c2c1N. The average Bonchev–Trinajstić information content (AvgIpc) is 3.05. The highest BCUT2D eigenvalue weighted by Crippen LogP contribution is 2.47. The van der Waals surface area contributed by atoms with Gasteiger partial charge in [-0.05, 0) is 12.8 Å². The lowest BCUT2D eigenvalue weighted by Gasteiger charge is -2.08. The molecule has 0 amide bonds. The zero-order chi connectivity index (χ0) is 12.7. The summed E-state index contributed by atoms with van der Waals surface area (Å²) in [5, 5.41) is 19.1. The van der Waals surface area contributed by atoms with Crippen LogP contribution in [-0.2, 0) is 4.74 Å². The van der Waals surface area contributed by atoms with Crippen molar-refractivity contribution in [1.29, 1.82) is 10.5 Å². The van der Waals surface area contributed by atoms with Gasteiger partial charge in [-0.2, -0.15) is 10.5 Å². The Morgan fingerprint density at radius 3 is 2.56 bits per heavy atom. The molecule has 0 spiro atoms. The third-order valence-electron chi connectivity index (χ3n) is 3.08. The van der Waals surface area contributed by atoms with Crippen molar-refractivity contribution in [2.75, 3.05) is 12.3 Å². The van der Waals surface area contributed by atoms with Crippen LogP contribution in [0.2, 0.25) is 0 Å². The normalized spacial score (nSPS) is 18.9. The minimum Gasteiger partial charge on any atom is -0.396 e. The first-order valence-corrected chi connectivity index (χ1v) is 7.16. The number of anilines is 1. The number of thiophene rings is 2. The molecule has 1 unspecified atom stereocenters. The third-order valence-corrected chi connectivity index (χ3v) is 5.39. The Bertz CT molecular complexity index is 696. The number of hydrogen-bond acceptors (Lipinski definition) is 6. The molecule has 1 saturated heterocycles. The van der Waals surface area contributed by atoms with Crippen molar-refractivity contribution < 1.29 is 4.74 Å². The van der Waals surface area contributed by atoms with E-state index in [1.54, 1.807) is 0 Å². The molecule has 0 aliphatic carbocycles. The van der Waals surface area contributed by atoms with Crippen LogP contribution in [0.25, 0.3) is 9.40 Å². The summed E-state index contributed by atoms with van der Waals surface area (Å²) in [6.07, 6.45) is 1.87. The van der Waals surface area contributed by atoms with Gasteiger partial charge < -0.3 is 10.5 Å². The molecule has 1 fully saturated rings. The van der Waals surface area contributed by atoms with Crippen molar-refractivity contribution >= 4 is 37.8 Å². The predicted molar refractivity (Wildman–Crippen MR) is 71.5 cm³/mol. The van der Waals surface area contributed by atoms with Gasteiger partial charge in [0.15, 0.2) is 0 Å². The smallest absolute Gasteiger partial charge is 0.129 e. The van der Waals surface area contributed by atoms with Crippen molar-refractivity contribution in [2.45, 2.75) is 18.9 Å². The van der Waals surface area contributed by atoms with Crippen molar-refractivity contribution in [3.63, 3.8) is 0 Å². The number of fused-ring (bicyclic) bond motifs is 1. The van der Waals surface area contributed by atoms with E-state index in [2.05, 4.69) is 12.1 Å². The van der Waals surface area contributed by atoms with Gasteiger partial charge in [-0.15, -0.1) is 22.7 Å². The molecule has 0 saturated carbocycles. The molecule has 1 aliphatic rings. The van der Waals surface area contributed by atoms with E-state index in [0.29, 0.717) is 15.4 Å². The molecule has 0 bridgehead atoms. The predicted octanol–water partition coefficient (Wildman–Crippen LogP) is 3.14. The van der Waals surface area contributed by atoms with Gasteiger partial charge in [0.2, 0.25) is 0 Å². The Balaban J connectivity index is 2.29. The van der Waals surface area contributed by atoms with Crippen molar-refractivity contribution in [1.82, 2.24) is 0 Å². The number of nitrogen functional groups attached to an aromatic ring is 1. The second-order valence-corrected chi connectivity index (χ2v) is 6.38. The van der Waals surface area contributed by atoms with Crippen molar-refractivity contribution in [3.05, 3.63) is 15.3 Å². The molecule has 6 heteroatoms. The van der Waals surface area contributed by atoms with Crippen LogP contribution in [0.5, 0.6) is 0 Å². The van der Waals surface area contributed by atoms with Gasteiger partial charge in [0.25, 0.3) is 0 Å². The van der Waals surface area contributed by atoms with Crippen LogP contribution >= 0.6 is 22.7 Å². The molecule has 1 atom stereocenters. The van der Waals surface area contributed by atoms with Crippen LogP contribution in [-0.4, -0.2) is 6.61 Å².